The first-order chi connectivity index (χ1) is 10.3. The van der Waals surface area contributed by atoms with Gasteiger partial charge in [-0.25, -0.2) is 14.8 Å². The molecular formula is C15H23N5O. The Morgan fingerprint density at radius 3 is 2.62 bits per heavy atom. The molecule has 0 aromatic carbocycles. The first kappa shape index (κ1) is 14.3. The fraction of sp³-hybridized carbons (Fsp3) is 0.667. The van der Waals surface area contributed by atoms with Crippen molar-refractivity contribution in [1.29, 1.82) is 0 Å². The number of nitrogens with one attached hydrogen (secondary N) is 2. The molecule has 1 aromatic heterocycles. The van der Waals surface area contributed by atoms with E-state index < -0.39 is 0 Å². The average molecular weight is 289 g/mol. The molecule has 1 aliphatic heterocycles. The van der Waals surface area contributed by atoms with E-state index >= 15 is 0 Å². The van der Waals surface area contributed by atoms with Crippen LogP contribution in [0.25, 0.3) is 0 Å². The van der Waals surface area contributed by atoms with Gasteiger partial charge < -0.3 is 10.2 Å². The van der Waals surface area contributed by atoms with Gasteiger partial charge in [0.2, 0.25) is 0 Å². The lowest BCUT2D eigenvalue weighted by Gasteiger charge is -2.36. The fourth-order valence-corrected chi connectivity index (χ4v) is 3.38. The molecule has 114 valence electrons. The van der Waals surface area contributed by atoms with Crippen molar-refractivity contribution in [3.8, 4) is 0 Å². The second-order valence-corrected chi connectivity index (χ2v) is 5.94. The molecule has 0 atom stereocenters. The largest absolute Gasteiger partial charge is 0.335 e. The van der Waals surface area contributed by atoms with E-state index in [1.165, 1.54) is 32.0 Å². The highest BCUT2D eigenvalue weighted by molar-refractivity contribution is 5.88. The summed E-state index contributed by atoms with van der Waals surface area (Å²) in [6, 6.07) is 2.57. The van der Waals surface area contributed by atoms with Crippen molar-refractivity contribution in [3.05, 3.63) is 18.6 Å². The lowest BCUT2D eigenvalue weighted by molar-refractivity contribution is 0.147. The number of hydrogen-bond acceptors (Lipinski definition) is 4. The number of nitrogens with zero attached hydrogens (tertiary/aromatic N) is 3. The lowest BCUT2D eigenvalue weighted by Crippen LogP contribution is -2.48. The Balaban J connectivity index is 1.41. The van der Waals surface area contributed by atoms with Crippen LogP contribution in [0, 0.1) is 0 Å². The summed E-state index contributed by atoms with van der Waals surface area (Å²) in [6.07, 6.45) is 10.6. The van der Waals surface area contributed by atoms with E-state index in [1.807, 2.05) is 0 Å². The molecule has 2 heterocycles. The van der Waals surface area contributed by atoms with Gasteiger partial charge in [-0.2, -0.15) is 0 Å². The first-order valence-corrected chi connectivity index (χ1v) is 7.89. The molecule has 21 heavy (non-hydrogen) atoms. The Morgan fingerprint density at radius 1 is 1.19 bits per heavy atom. The summed E-state index contributed by atoms with van der Waals surface area (Å²) in [7, 11) is 0. The summed E-state index contributed by atoms with van der Waals surface area (Å²) < 4.78 is 0. The third-order valence-corrected chi connectivity index (χ3v) is 4.53. The number of aromatic nitrogens is 2. The maximum Gasteiger partial charge on any atom is 0.320 e. The van der Waals surface area contributed by atoms with Gasteiger partial charge in [0.05, 0.1) is 0 Å². The minimum Gasteiger partial charge on any atom is -0.335 e. The van der Waals surface area contributed by atoms with E-state index in [9.17, 15) is 4.79 Å². The van der Waals surface area contributed by atoms with E-state index in [1.54, 1.807) is 12.3 Å². The first-order valence-electron chi connectivity index (χ1n) is 7.89. The summed E-state index contributed by atoms with van der Waals surface area (Å²) in [5.74, 6) is 0.533. The van der Waals surface area contributed by atoms with E-state index in [0.29, 0.717) is 5.82 Å². The predicted molar refractivity (Wildman–Crippen MR) is 81.0 cm³/mol. The van der Waals surface area contributed by atoms with E-state index in [2.05, 4.69) is 25.5 Å². The Morgan fingerprint density at radius 2 is 1.95 bits per heavy atom. The number of carbonyl (C=O) groups excluding carboxylic acids is 1. The molecule has 3 rings (SSSR count). The number of anilines is 1. The van der Waals surface area contributed by atoms with Crippen LogP contribution in [0.3, 0.4) is 0 Å². The Labute approximate surface area is 125 Å². The van der Waals surface area contributed by atoms with Crippen LogP contribution < -0.4 is 10.6 Å². The number of amides is 2. The quantitative estimate of drug-likeness (QED) is 0.893. The van der Waals surface area contributed by atoms with Crippen molar-refractivity contribution < 1.29 is 4.79 Å². The van der Waals surface area contributed by atoms with E-state index in [4.69, 9.17) is 0 Å². The van der Waals surface area contributed by atoms with Crippen LogP contribution in [-0.2, 0) is 0 Å². The van der Waals surface area contributed by atoms with Crippen LogP contribution in [0.1, 0.15) is 38.5 Å². The van der Waals surface area contributed by atoms with Gasteiger partial charge in [-0.15, -0.1) is 0 Å². The molecule has 2 fully saturated rings. The van der Waals surface area contributed by atoms with Gasteiger partial charge in [0, 0.05) is 31.4 Å². The molecule has 0 radical (unpaired) electrons. The summed E-state index contributed by atoms with van der Waals surface area (Å²) in [6.45, 7) is 2.20. The molecule has 1 saturated heterocycles. The van der Waals surface area contributed by atoms with Gasteiger partial charge in [0.1, 0.15) is 12.1 Å². The van der Waals surface area contributed by atoms with Crippen LogP contribution in [0.2, 0.25) is 0 Å². The second kappa shape index (κ2) is 6.85. The number of piperidine rings is 1. The number of rotatable bonds is 3. The summed E-state index contributed by atoms with van der Waals surface area (Å²) in [5, 5.41) is 5.78. The highest BCUT2D eigenvalue weighted by Gasteiger charge is 2.27. The topological polar surface area (TPSA) is 70.1 Å². The van der Waals surface area contributed by atoms with Crippen molar-refractivity contribution in [3.63, 3.8) is 0 Å². The van der Waals surface area contributed by atoms with Crippen LogP contribution in [-0.4, -0.2) is 46.1 Å². The molecule has 2 aliphatic rings. The fourth-order valence-electron chi connectivity index (χ4n) is 3.38. The standard InChI is InChI=1S/C15H23N5O/c21-15(19-14-5-8-16-11-17-14)18-12-6-9-20(10-7-12)13-3-1-2-4-13/h5,8,11-13H,1-4,6-7,9-10H2,(H2,16,17,18,19,21). The average Bonchev–Trinajstić information content (AvgIpc) is 3.03. The van der Waals surface area contributed by atoms with Crippen LogP contribution in [0.5, 0.6) is 0 Å². The molecule has 0 unspecified atom stereocenters. The van der Waals surface area contributed by atoms with Crippen molar-refractivity contribution in [2.75, 3.05) is 18.4 Å². The van der Waals surface area contributed by atoms with Gasteiger partial charge in [0.15, 0.2) is 0 Å². The summed E-state index contributed by atoms with van der Waals surface area (Å²) in [5.41, 5.74) is 0. The number of urea groups is 1. The number of hydrogen-bond donors (Lipinski definition) is 2. The lowest BCUT2D eigenvalue weighted by atomic mass is 10.0. The summed E-state index contributed by atoms with van der Waals surface area (Å²) in [4.78, 5) is 22.3. The highest BCUT2D eigenvalue weighted by atomic mass is 16.2. The zero-order chi connectivity index (χ0) is 14.5. The molecule has 1 aliphatic carbocycles. The van der Waals surface area contributed by atoms with E-state index in [0.717, 1.165) is 32.0 Å². The Bertz CT molecular complexity index is 452. The third-order valence-electron chi connectivity index (χ3n) is 4.53. The van der Waals surface area contributed by atoms with Crippen molar-refractivity contribution >= 4 is 11.8 Å². The molecule has 1 aromatic rings. The van der Waals surface area contributed by atoms with Crippen LogP contribution >= 0.6 is 0 Å². The van der Waals surface area contributed by atoms with E-state index in [-0.39, 0.29) is 12.1 Å². The van der Waals surface area contributed by atoms with Gasteiger partial charge >= 0.3 is 6.03 Å². The number of carbonyl (C=O) groups is 1. The predicted octanol–water partition coefficient (Wildman–Crippen LogP) is 2.01. The molecule has 1 saturated carbocycles. The molecule has 0 bridgehead atoms. The van der Waals surface area contributed by atoms with Crippen LogP contribution in [0.4, 0.5) is 10.6 Å². The summed E-state index contributed by atoms with van der Waals surface area (Å²) >= 11 is 0. The molecule has 6 nitrogen and oxygen atoms in total. The van der Waals surface area contributed by atoms with Gasteiger partial charge in [-0.05, 0) is 31.7 Å². The molecular weight excluding hydrogens is 266 g/mol. The zero-order valence-electron chi connectivity index (χ0n) is 12.3. The minimum atomic E-state index is -0.173. The van der Waals surface area contributed by atoms with Gasteiger partial charge in [-0.1, -0.05) is 12.8 Å². The Kier molecular flexibility index (Phi) is 4.65. The SMILES string of the molecule is O=C(Nc1ccncn1)NC1CCN(C2CCCC2)CC1. The highest BCUT2D eigenvalue weighted by Crippen LogP contribution is 2.26. The molecule has 6 heteroatoms. The smallest absolute Gasteiger partial charge is 0.320 e. The zero-order valence-corrected chi connectivity index (χ0v) is 12.3. The molecule has 0 spiro atoms. The van der Waals surface area contributed by atoms with Crippen LogP contribution in [0.15, 0.2) is 18.6 Å². The second-order valence-electron chi connectivity index (χ2n) is 5.94. The minimum absolute atomic E-state index is 0.173. The monoisotopic (exact) mass is 289 g/mol. The van der Waals surface area contributed by atoms with Gasteiger partial charge in [-0.3, -0.25) is 5.32 Å². The van der Waals surface area contributed by atoms with Gasteiger partial charge in [0.25, 0.3) is 0 Å². The molecule has 2 amide bonds. The maximum atomic E-state index is 11.9. The maximum absolute atomic E-state index is 11.9. The van der Waals surface area contributed by atoms with Crippen molar-refractivity contribution in [2.24, 2.45) is 0 Å². The third kappa shape index (κ3) is 3.91. The van der Waals surface area contributed by atoms with Crippen molar-refractivity contribution in [2.45, 2.75) is 50.6 Å². The van der Waals surface area contributed by atoms with Crippen molar-refractivity contribution in [1.82, 2.24) is 20.2 Å². The normalized spacial score (nSPS) is 21.3. The Hall–Kier alpha value is -1.69. The molecule has 2 N–H and O–H groups in total. The number of likely N-dealkylation sites (tertiary alicyclic amines) is 1.